The Morgan fingerprint density at radius 1 is 0.700 bits per heavy atom. The molecule has 7 nitrogen and oxygen atoms in total. The number of fused-ring (bicyclic) bond motifs is 4. The number of aryl methyl sites for hydroxylation is 2. The molecule has 0 aliphatic carbocycles. The van der Waals surface area contributed by atoms with Crippen LogP contribution < -0.4 is 4.40 Å². The zero-order chi connectivity index (χ0) is 53.9. The molecular weight excluding hydrogens is 1100 g/mol. The molecule has 0 saturated carbocycles. The first-order valence-electron chi connectivity index (χ1n) is 26.3. The van der Waals surface area contributed by atoms with Gasteiger partial charge in [0.1, 0.15) is 11.6 Å². The Hall–Kier alpha value is -6.13. The summed E-state index contributed by atoms with van der Waals surface area (Å²) in [6, 6.07) is 46.8. The Labute approximate surface area is 436 Å². The average Bonchev–Trinajstić information content (AvgIpc) is 3.95. The molecule has 10 heteroatoms. The van der Waals surface area contributed by atoms with Gasteiger partial charge in [0.25, 0.3) is 0 Å². The molecule has 0 atom stereocenters. The van der Waals surface area contributed by atoms with Crippen LogP contribution in [-0.2, 0) is 25.5 Å². The molecule has 357 valence electrons. The Morgan fingerprint density at radius 3 is 1.97 bits per heavy atom. The van der Waals surface area contributed by atoms with Gasteiger partial charge in [0.05, 0.1) is 5.56 Å². The normalized spacial score (nSPS) is 13.6. The molecular formula is C60H59FGeIrN6O-2. The van der Waals surface area contributed by atoms with Crippen molar-refractivity contribution >= 4 is 50.6 Å². The topological polar surface area (TPSA) is 82.5 Å². The molecule has 6 aromatic carbocycles. The molecule has 0 bridgehead atoms. The van der Waals surface area contributed by atoms with E-state index in [2.05, 4.69) is 151 Å². The van der Waals surface area contributed by atoms with E-state index in [1.807, 2.05) is 54.7 Å². The van der Waals surface area contributed by atoms with E-state index >= 15 is 4.39 Å². The van der Waals surface area contributed by atoms with Gasteiger partial charge in [0, 0.05) is 39.9 Å². The standard InChI is InChI=1S/C45H43FGeN5O.C15H16N.Ir/c1-25(2)36-23-30(29-17-19-31(20-18-29)47(7,8)9)24-37(26(3)4)41(36)52-39-16-11-10-15-38(39)51-45(52)35-14-12-13-32-33-21-22-34(40(46)43(33)53-42(32)35)44-49-27(5)48-28(6)50-44;1-15(2,3)13-9-10-14(16-11-13)12-7-5-4-6-8-12;/h10-13,15-26H,1-9H3;4-7,9-11H,1-3H3;/q2*-1;/i5D3,6D3;;. The average molecular weight is 1170 g/mol. The first kappa shape index (κ1) is 42.7. The molecule has 70 heavy (non-hydrogen) atoms. The van der Waals surface area contributed by atoms with Crippen LogP contribution in [0.4, 0.5) is 4.39 Å². The summed E-state index contributed by atoms with van der Waals surface area (Å²) in [5.74, 6) is 5.23. The number of hydrogen-bond acceptors (Lipinski definition) is 6. The van der Waals surface area contributed by atoms with Gasteiger partial charge in [-0.05, 0) is 36.4 Å². The number of rotatable bonds is 8. The van der Waals surface area contributed by atoms with E-state index in [1.54, 1.807) is 18.2 Å². The third-order valence-electron chi connectivity index (χ3n) is 12.5. The number of nitrogens with zero attached hydrogens (tertiary/aromatic N) is 6. The van der Waals surface area contributed by atoms with Crippen molar-refractivity contribution in [2.24, 2.45) is 0 Å². The summed E-state index contributed by atoms with van der Waals surface area (Å²) in [6.45, 7) is 9.64. The number of furan rings is 1. The number of aromatic nitrogens is 6. The molecule has 0 aliphatic heterocycles. The summed E-state index contributed by atoms with van der Waals surface area (Å²) >= 11 is -2.01. The van der Waals surface area contributed by atoms with E-state index in [-0.39, 0.29) is 48.5 Å². The van der Waals surface area contributed by atoms with Crippen molar-refractivity contribution in [2.75, 3.05) is 0 Å². The fraction of sp³-hybridized carbons (Fsp3) is 0.250. The summed E-state index contributed by atoms with van der Waals surface area (Å²) < 4.78 is 73.8. The van der Waals surface area contributed by atoms with Crippen molar-refractivity contribution in [1.82, 2.24) is 29.5 Å². The quantitative estimate of drug-likeness (QED) is 0.111. The molecule has 0 fully saturated rings. The van der Waals surface area contributed by atoms with Crippen molar-refractivity contribution < 1.29 is 37.1 Å². The molecule has 0 amide bonds. The predicted molar refractivity (Wildman–Crippen MR) is 285 cm³/mol. The molecule has 0 spiro atoms. The first-order valence-corrected chi connectivity index (χ1v) is 30.7. The van der Waals surface area contributed by atoms with Gasteiger partial charge in [-0.3, -0.25) is 0 Å². The Balaban J connectivity index is 0.000000384. The third kappa shape index (κ3) is 9.94. The number of benzene rings is 6. The van der Waals surface area contributed by atoms with Crippen LogP contribution in [-0.4, -0.2) is 42.8 Å². The number of imidazole rings is 1. The summed E-state index contributed by atoms with van der Waals surface area (Å²) in [5.41, 5.74) is 11.2. The number of halogens is 1. The molecule has 4 aromatic heterocycles. The fourth-order valence-corrected chi connectivity index (χ4v) is 11.2. The van der Waals surface area contributed by atoms with Gasteiger partial charge >= 0.3 is 201 Å². The van der Waals surface area contributed by atoms with Crippen LogP contribution in [0.5, 0.6) is 0 Å². The zero-order valence-corrected chi connectivity index (χ0v) is 45.6. The van der Waals surface area contributed by atoms with E-state index in [9.17, 15) is 0 Å². The Morgan fingerprint density at radius 2 is 1.37 bits per heavy atom. The van der Waals surface area contributed by atoms with Gasteiger partial charge in [-0.1, -0.05) is 50.4 Å². The van der Waals surface area contributed by atoms with Crippen LogP contribution in [0.25, 0.3) is 83.8 Å². The van der Waals surface area contributed by atoms with E-state index in [4.69, 9.17) is 17.6 Å². The maximum atomic E-state index is 16.7. The monoisotopic (exact) mass is 1170 g/mol. The minimum Gasteiger partial charge on any atom is -0.219 e. The number of pyridine rings is 1. The maximum absolute atomic E-state index is 16.7. The van der Waals surface area contributed by atoms with Crippen molar-refractivity contribution in [3.05, 3.63) is 174 Å². The van der Waals surface area contributed by atoms with Gasteiger partial charge in [0.2, 0.25) is 0 Å². The van der Waals surface area contributed by atoms with Crippen molar-refractivity contribution in [2.45, 2.75) is 96.7 Å². The predicted octanol–water partition coefficient (Wildman–Crippen LogP) is 15.3. The van der Waals surface area contributed by atoms with Gasteiger partial charge < -0.3 is 9.40 Å². The second-order valence-electron chi connectivity index (χ2n) is 20.2. The number of hydrogen-bond donors (Lipinski definition) is 0. The summed E-state index contributed by atoms with van der Waals surface area (Å²) in [4.78, 5) is 21.4. The number of para-hydroxylation sites is 2. The van der Waals surface area contributed by atoms with Gasteiger partial charge in [-0.2, -0.15) is 0 Å². The van der Waals surface area contributed by atoms with Crippen LogP contribution in [0.3, 0.4) is 0 Å². The first-order chi connectivity index (χ1) is 35.3. The molecule has 0 saturated heterocycles. The Bertz CT molecular complexity index is 3670. The molecule has 1 radical (unpaired) electrons. The van der Waals surface area contributed by atoms with Crippen LogP contribution in [0, 0.1) is 31.7 Å². The zero-order valence-electron chi connectivity index (χ0n) is 47.1. The van der Waals surface area contributed by atoms with E-state index in [1.165, 1.54) is 16.0 Å². The second-order valence-corrected chi connectivity index (χ2v) is 30.8. The smallest absolute Gasteiger partial charge is 0.219 e. The van der Waals surface area contributed by atoms with Gasteiger partial charge in [-0.15, -0.1) is 48.0 Å². The van der Waals surface area contributed by atoms with Gasteiger partial charge in [0.15, 0.2) is 17.2 Å². The summed E-state index contributed by atoms with van der Waals surface area (Å²) in [6.07, 6.45) is 1.95. The molecule has 0 N–H and O–H groups in total. The molecule has 4 heterocycles. The van der Waals surface area contributed by atoms with E-state index < -0.39 is 50.3 Å². The molecule has 10 rings (SSSR count). The van der Waals surface area contributed by atoms with Crippen molar-refractivity contribution in [1.29, 1.82) is 0 Å². The van der Waals surface area contributed by atoms with Crippen molar-refractivity contribution in [3.8, 4) is 50.8 Å². The molecule has 0 aliphatic rings. The van der Waals surface area contributed by atoms with Crippen molar-refractivity contribution in [3.63, 3.8) is 0 Å². The summed E-state index contributed by atoms with van der Waals surface area (Å²) in [7, 11) is 0. The minimum atomic E-state index is -2.86. The minimum absolute atomic E-state index is 0. The molecule has 0 unspecified atom stereocenters. The van der Waals surface area contributed by atoms with E-state index in [0.717, 1.165) is 50.2 Å². The SMILES string of the molecule is CC(C)(C)c1ccc(-c2[c-]cccc2)nc1.[2H]C([2H])([2H])c1nc(-c2ccc3c(oc4c(-c5nc6ccccc6n5-c5c(C(C)C)cc(-c6cc[c]([Ge]([CH3])([CH3])[CH3])cc6)cc5C(C)C)[c-]ccc43)c2F)nc(C([2H])([2H])[2H])n1.[Ir]. The van der Waals surface area contributed by atoms with E-state index in [0.29, 0.717) is 27.7 Å². The second kappa shape index (κ2) is 19.9. The molecule has 10 aromatic rings. The van der Waals surface area contributed by atoms with Crippen LogP contribution >= 0.6 is 0 Å². The third-order valence-corrected chi connectivity index (χ3v) is 16.9. The fourth-order valence-electron chi connectivity index (χ4n) is 8.72. The van der Waals surface area contributed by atoms with Crippen LogP contribution in [0.1, 0.15) is 96.9 Å². The summed E-state index contributed by atoms with van der Waals surface area (Å²) in [5, 5.41) is 1.04. The Kier molecular flexibility index (Phi) is 12.2. The van der Waals surface area contributed by atoms with Gasteiger partial charge in [-0.25, -0.2) is 19.3 Å². The van der Waals surface area contributed by atoms with Crippen LogP contribution in [0.2, 0.25) is 17.3 Å². The van der Waals surface area contributed by atoms with Crippen LogP contribution in [0.15, 0.2) is 132 Å².